The molecule has 1 saturated carbocycles. The monoisotopic (exact) mass is 255 g/mol. The molecule has 1 fully saturated rings. The number of hydrogen-bond acceptors (Lipinski definition) is 2. The highest BCUT2D eigenvalue weighted by Gasteiger charge is 2.29. The number of nitrogens with two attached hydrogens (primary N) is 1. The zero-order chi connectivity index (χ0) is 13.6. The smallest absolute Gasteiger partial charge is 0.131 e. The van der Waals surface area contributed by atoms with E-state index in [4.69, 9.17) is 10.7 Å². The molecule has 1 aliphatic carbocycles. The Hall–Kier alpha value is -1.77. The van der Waals surface area contributed by atoms with Gasteiger partial charge in [0.25, 0.3) is 0 Å². The van der Waals surface area contributed by atoms with Gasteiger partial charge in [0.2, 0.25) is 0 Å². The number of imidazole rings is 1. The number of anilines is 1. The summed E-state index contributed by atoms with van der Waals surface area (Å²) >= 11 is 0. The third-order valence-electron chi connectivity index (χ3n) is 3.74. The average Bonchev–Trinajstić information content (AvgIpc) is 3.12. The lowest BCUT2D eigenvalue weighted by atomic mass is 10.1. The number of rotatable bonds is 3. The van der Waals surface area contributed by atoms with Crippen LogP contribution in [0.25, 0.3) is 11.3 Å². The summed E-state index contributed by atoms with van der Waals surface area (Å²) in [7, 11) is 0. The Labute approximate surface area is 114 Å². The van der Waals surface area contributed by atoms with Crippen molar-refractivity contribution in [2.75, 3.05) is 5.73 Å². The first-order valence-corrected chi connectivity index (χ1v) is 7.05. The SMILES string of the molecule is CCc1nc(-c2cc(C)cc(C)c2)c(N)n1C1CC1. The molecule has 0 saturated heterocycles. The molecular weight excluding hydrogens is 234 g/mol. The molecule has 1 heterocycles. The van der Waals surface area contributed by atoms with E-state index < -0.39 is 0 Å². The maximum Gasteiger partial charge on any atom is 0.131 e. The van der Waals surface area contributed by atoms with Gasteiger partial charge in [-0.3, -0.25) is 0 Å². The Morgan fingerprint density at radius 3 is 2.37 bits per heavy atom. The predicted molar refractivity (Wildman–Crippen MR) is 79.2 cm³/mol. The second-order valence-corrected chi connectivity index (χ2v) is 5.59. The maximum atomic E-state index is 6.35. The van der Waals surface area contributed by atoms with Gasteiger partial charge >= 0.3 is 0 Å². The van der Waals surface area contributed by atoms with Crippen LogP contribution in [0.15, 0.2) is 18.2 Å². The summed E-state index contributed by atoms with van der Waals surface area (Å²) in [5.41, 5.74) is 11.0. The second-order valence-electron chi connectivity index (χ2n) is 5.59. The number of aromatic nitrogens is 2. The van der Waals surface area contributed by atoms with Crippen molar-refractivity contribution in [3.63, 3.8) is 0 Å². The Bertz CT molecular complexity index is 601. The third-order valence-corrected chi connectivity index (χ3v) is 3.74. The quantitative estimate of drug-likeness (QED) is 0.909. The number of aryl methyl sites for hydroxylation is 3. The summed E-state index contributed by atoms with van der Waals surface area (Å²) in [6.45, 7) is 6.38. The molecule has 0 bridgehead atoms. The first-order chi connectivity index (χ1) is 9.10. The zero-order valence-electron chi connectivity index (χ0n) is 11.9. The number of benzene rings is 1. The molecular formula is C16H21N3. The molecule has 19 heavy (non-hydrogen) atoms. The molecule has 0 radical (unpaired) electrons. The fraction of sp³-hybridized carbons (Fsp3) is 0.438. The molecule has 0 atom stereocenters. The van der Waals surface area contributed by atoms with Gasteiger partial charge in [-0.15, -0.1) is 0 Å². The Morgan fingerprint density at radius 1 is 1.21 bits per heavy atom. The van der Waals surface area contributed by atoms with Gasteiger partial charge < -0.3 is 10.3 Å². The summed E-state index contributed by atoms with van der Waals surface area (Å²) < 4.78 is 2.24. The molecule has 2 aromatic rings. The number of nitrogen functional groups attached to an aromatic ring is 1. The van der Waals surface area contributed by atoms with Crippen LogP contribution in [0.4, 0.5) is 5.82 Å². The lowest BCUT2D eigenvalue weighted by Gasteiger charge is -2.07. The normalized spacial score (nSPS) is 14.9. The van der Waals surface area contributed by atoms with Crippen LogP contribution in [0, 0.1) is 13.8 Å². The van der Waals surface area contributed by atoms with E-state index in [9.17, 15) is 0 Å². The van der Waals surface area contributed by atoms with Gasteiger partial charge in [-0.2, -0.15) is 0 Å². The van der Waals surface area contributed by atoms with Crippen LogP contribution in [0.3, 0.4) is 0 Å². The maximum absolute atomic E-state index is 6.35. The van der Waals surface area contributed by atoms with Crippen LogP contribution in [-0.2, 0) is 6.42 Å². The topological polar surface area (TPSA) is 43.8 Å². The molecule has 3 rings (SSSR count). The van der Waals surface area contributed by atoms with E-state index in [0.717, 1.165) is 29.3 Å². The minimum absolute atomic E-state index is 0.585. The lowest BCUT2D eigenvalue weighted by Crippen LogP contribution is -2.04. The van der Waals surface area contributed by atoms with E-state index in [2.05, 4.69) is 43.5 Å². The second kappa shape index (κ2) is 4.41. The summed E-state index contributed by atoms with van der Waals surface area (Å²) in [5, 5.41) is 0. The summed E-state index contributed by atoms with van der Waals surface area (Å²) in [6.07, 6.45) is 3.41. The Balaban J connectivity index is 2.14. The largest absolute Gasteiger partial charge is 0.383 e. The van der Waals surface area contributed by atoms with E-state index in [1.165, 1.54) is 24.0 Å². The van der Waals surface area contributed by atoms with Gasteiger partial charge in [-0.25, -0.2) is 4.98 Å². The average molecular weight is 255 g/mol. The van der Waals surface area contributed by atoms with Crippen LogP contribution in [0.1, 0.15) is 42.8 Å². The van der Waals surface area contributed by atoms with Crippen LogP contribution >= 0.6 is 0 Å². The van der Waals surface area contributed by atoms with Crippen molar-refractivity contribution in [3.8, 4) is 11.3 Å². The number of nitrogens with zero attached hydrogens (tertiary/aromatic N) is 2. The van der Waals surface area contributed by atoms with Gasteiger partial charge in [0, 0.05) is 18.0 Å². The molecule has 2 N–H and O–H groups in total. The standard InChI is InChI=1S/C16H21N3/c1-4-14-18-15(16(17)19(14)13-5-6-13)12-8-10(2)7-11(3)9-12/h7-9,13H,4-6,17H2,1-3H3. The first-order valence-electron chi connectivity index (χ1n) is 7.05. The van der Waals surface area contributed by atoms with Crippen LogP contribution < -0.4 is 5.73 Å². The molecule has 3 heteroatoms. The fourth-order valence-corrected chi connectivity index (χ4v) is 2.81. The molecule has 1 aromatic carbocycles. The summed E-state index contributed by atoms with van der Waals surface area (Å²) in [5.74, 6) is 1.96. The van der Waals surface area contributed by atoms with Gasteiger partial charge in [-0.05, 0) is 38.8 Å². The minimum Gasteiger partial charge on any atom is -0.383 e. The van der Waals surface area contributed by atoms with Crippen LogP contribution in [0.5, 0.6) is 0 Å². The number of hydrogen-bond donors (Lipinski definition) is 1. The minimum atomic E-state index is 0.585. The van der Waals surface area contributed by atoms with E-state index in [0.29, 0.717) is 6.04 Å². The predicted octanol–water partition coefficient (Wildman–Crippen LogP) is 3.65. The molecule has 3 nitrogen and oxygen atoms in total. The van der Waals surface area contributed by atoms with Crippen LogP contribution in [-0.4, -0.2) is 9.55 Å². The molecule has 0 unspecified atom stereocenters. The lowest BCUT2D eigenvalue weighted by molar-refractivity contribution is 0.696. The highest BCUT2D eigenvalue weighted by atomic mass is 15.2. The van der Waals surface area contributed by atoms with Crippen molar-refractivity contribution in [1.82, 2.24) is 9.55 Å². The van der Waals surface area contributed by atoms with Gasteiger partial charge in [0.1, 0.15) is 17.3 Å². The van der Waals surface area contributed by atoms with Crippen molar-refractivity contribution in [2.45, 2.75) is 46.1 Å². The van der Waals surface area contributed by atoms with Crippen molar-refractivity contribution in [1.29, 1.82) is 0 Å². The van der Waals surface area contributed by atoms with Gasteiger partial charge in [-0.1, -0.05) is 24.1 Å². The molecule has 1 aromatic heterocycles. The molecule has 0 aliphatic heterocycles. The van der Waals surface area contributed by atoms with E-state index in [-0.39, 0.29) is 0 Å². The Morgan fingerprint density at radius 2 is 1.84 bits per heavy atom. The zero-order valence-corrected chi connectivity index (χ0v) is 11.9. The molecule has 0 spiro atoms. The fourth-order valence-electron chi connectivity index (χ4n) is 2.81. The van der Waals surface area contributed by atoms with E-state index in [1.807, 2.05) is 0 Å². The van der Waals surface area contributed by atoms with Crippen molar-refractivity contribution < 1.29 is 0 Å². The van der Waals surface area contributed by atoms with Gasteiger partial charge in [0.05, 0.1) is 0 Å². The first kappa shape index (κ1) is 12.3. The summed E-state index contributed by atoms with van der Waals surface area (Å²) in [6, 6.07) is 7.10. The van der Waals surface area contributed by atoms with Crippen molar-refractivity contribution >= 4 is 5.82 Å². The highest BCUT2D eigenvalue weighted by molar-refractivity contribution is 5.72. The third kappa shape index (κ3) is 2.14. The van der Waals surface area contributed by atoms with Crippen molar-refractivity contribution in [2.24, 2.45) is 0 Å². The highest BCUT2D eigenvalue weighted by Crippen LogP contribution is 2.41. The van der Waals surface area contributed by atoms with Gasteiger partial charge in [0.15, 0.2) is 0 Å². The van der Waals surface area contributed by atoms with E-state index >= 15 is 0 Å². The molecule has 100 valence electrons. The van der Waals surface area contributed by atoms with Crippen LogP contribution in [0.2, 0.25) is 0 Å². The van der Waals surface area contributed by atoms with Crippen molar-refractivity contribution in [3.05, 3.63) is 35.2 Å². The Kier molecular flexibility index (Phi) is 2.85. The van der Waals surface area contributed by atoms with E-state index in [1.54, 1.807) is 0 Å². The summed E-state index contributed by atoms with van der Waals surface area (Å²) in [4.78, 5) is 4.78. The molecule has 1 aliphatic rings. The molecule has 0 amide bonds.